The van der Waals surface area contributed by atoms with E-state index in [2.05, 4.69) is 20.5 Å². The maximum absolute atomic E-state index is 5.59. The molecule has 13 heavy (non-hydrogen) atoms. The van der Waals surface area contributed by atoms with Crippen LogP contribution in [0.25, 0.3) is 0 Å². The van der Waals surface area contributed by atoms with Crippen molar-refractivity contribution in [2.45, 2.75) is 19.3 Å². The highest BCUT2D eigenvalue weighted by molar-refractivity contribution is 6.28. The predicted molar refractivity (Wildman–Crippen MR) is 50.7 cm³/mol. The highest BCUT2D eigenvalue weighted by Gasteiger charge is 2.14. The Hall–Kier alpha value is -0.610. The molecule has 2 N–H and O–H groups in total. The molecule has 0 aromatic carbocycles. The molecule has 1 fully saturated rings. The summed E-state index contributed by atoms with van der Waals surface area (Å²) >= 11 is 5.59. The van der Waals surface area contributed by atoms with Gasteiger partial charge in [-0.2, -0.15) is 0 Å². The number of H-pyrrole nitrogens is 1. The number of rotatable bonds is 3. The van der Waals surface area contributed by atoms with Crippen LogP contribution in [0.5, 0.6) is 0 Å². The van der Waals surface area contributed by atoms with Gasteiger partial charge in [0.25, 0.3) is 0 Å². The van der Waals surface area contributed by atoms with E-state index in [1.807, 2.05) is 0 Å². The molecule has 1 atom stereocenters. The molecule has 1 aromatic heterocycles. The molecule has 1 saturated heterocycles. The Morgan fingerprint density at radius 1 is 1.54 bits per heavy atom. The second-order valence-corrected chi connectivity index (χ2v) is 3.79. The Bertz CT molecular complexity index is 267. The molecule has 0 saturated carbocycles. The van der Waals surface area contributed by atoms with Gasteiger partial charge in [0.05, 0.1) is 0 Å². The average Bonchev–Trinajstić information content (AvgIpc) is 2.71. The molecule has 5 heteroatoms. The smallest absolute Gasteiger partial charge is 0.242 e. The van der Waals surface area contributed by atoms with Crippen LogP contribution in [0.15, 0.2) is 0 Å². The molecular formula is C8H13ClN4. The molecule has 0 bridgehead atoms. The molecule has 0 spiro atoms. The van der Waals surface area contributed by atoms with Crippen LogP contribution in [0.4, 0.5) is 0 Å². The van der Waals surface area contributed by atoms with Crippen LogP contribution in [0.1, 0.15) is 18.7 Å². The van der Waals surface area contributed by atoms with Gasteiger partial charge in [-0.3, -0.25) is 5.10 Å². The van der Waals surface area contributed by atoms with Gasteiger partial charge in [0.15, 0.2) is 0 Å². The highest BCUT2D eigenvalue weighted by Crippen LogP contribution is 2.14. The first kappa shape index (κ1) is 8.97. The lowest BCUT2D eigenvalue weighted by molar-refractivity contribution is 0.525. The van der Waals surface area contributed by atoms with Crippen LogP contribution >= 0.6 is 11.6 Å². The van der Waals surface area contributed by atoms with Gasteiger partial charge in [-0.1, -0.05) is 0 Å². The van der Waals surface area contributed by atoms with Gasteiger partial charge in [0, 0.05) is 6.42 Å². The number of aromatic nitrogens is 3. The van der Waals surface area contributed by atoms with Crippen LogP contribution in [-0.4, -0.2) is 28.3 Å². The topological polar surface area (TPSA) is 53.6 Å². The number of aryl methyl sites for hydroxylation is 1. The lowest BCUT2D eigenvalue weighted by Gasteiger charge is -2.04. The van der Waals surface area contributed by atoms with Crippen LogP contribution in [-0.2, 0) is 6.42 Å². The Kier molecular flexibility index (Phi) is 2.80. The zero-order valence-corrected chi connectivity index (χ0v) is 8.14. The van der Waals surface area contributed by atoms with Crippen molar-refractivity contribution in [2.75, 3.05) is 13.1 Å². The molecule has 0 aliphatic carbocycles. The van der Waals surface area contributed by atoms with E-state index >= 15 is 0 Å². The summed E-state index contributed by atoms with van der Waals surface area (Å²) in [6.45, 7) is 2.30. The van der Waals surface area contributed by atoms with Crippen molar-refractivity contribution in [2.24, 2.45) is 5.92 Å². The Morgan fingerprint density at radius 2 is 2.46 bits per heavy atom. The maximum atomic E-state index is 5.59. The normalized spacial score (nSPS) is 22.4. The maximum Gasteiger partial charge on any atom is 0.242 e. The summed E-state index contributed by atoms with van der Waals surface area (Å²) in [4.78, 5) is 4.05. The van der Waals surface area contributed by atoms with E-state index in [0.717, 1.165) is 31.3 Å². The number of nitrogens with one attached hydrogen (secondary N) is 2. The van der Waals surface area contributed by atoms with E-state index in [4.69, 9.17) is 11.6 Å². The van der Waals surface area contributed by atoms with Crippen LogP contribution < -0.4 is 5.32 Å². The van der Waals surface area contributed by atoms with Crippen LogP contribution in [0, 0.1) is 5.92 Å². The number of nitrogens with zero attached hydrogens (tertiary/aromatic N) is 2. The molecule has 0 radical (unpaired) electrons. The summed E-state index contributed by atoms with van der Waals surface area (Å²) in [5.41, 5.74) is 0. The minimum Gasteiger partial charge on any atom is -0.316 e. The van der Waals surface area contributed by atoms with Crippen molar-refractivity contribution in [3.05, 3.63) is 11.1 Å². The summed E-state index contributed by atoms with van der Waals surface area (Å²) < 4.78 is 0. The highest BCUT2D eigenvalue weighted by atomic mass is 35.5. The first-order valence-electron chi connectivity index (χ1n) is 4.62. The molecule has 1 aromatic rings. The van der Waals surface area contributed by atoms with Gasteiger partial charge in [0.1, 0.15) is 5.82 Å². The molecule has 4 nitrogen and oxygen atoms in total. The molecule has 0 amide bonds. The molecule has 2 heterocycles. The number of hydrogen-bond donors (Lipinski definition) is 2. The second kappa shape index (κ2) is 4.07. The fourth-order valence-corrected chi connectivity index (χ4v) is 1.83. The average molecular weight is 201 g/mol. The van der Waals surface area contributed by atoms with Gasteiger partial charge in [-0.25, -0.2) is 4.98 Å². The number of aromatic amines is 1. The minimum absolute atomic E-state index is 0.319. The minimum atomic E-state index is 0.319. The molecule has 1 aliphatic rings. The zero-order chi connectivity index (χ0) is 9.10. The van der Waals surface area contributed by atoms with Crippen molar-refractivity contribution in [1.82, 2.24) is 20.5 Å². The summed E-state index contributed by atoms with van der Waals surface area (Å²) in [6.07, 6.45) is 3.40. The lowest BCUT2D eigenvalue weighted by atomic mass is 10.0. The van der Waals surface area contributed by atoms with Gasteiger partial charge in [-0.05, 0) is 43.5 Å². The van der Waals surface area contributed by atoms with Crippen molar-refractivity contribution in [3.8, 4) is 0 Å². The predicted octanol–water partition coefficient (Wildman–Crippen LogP) is 1.00. The largest absolute Gasteiger partial charge is 0.316 e. The van der Waals surface area contributed by atoms with E-state index in [0.29, 0.717) is 5.28 Å². The van der Waals surface area contributed by atoms with Crippen molar-refractivity contribution in [1.29, 1.82) is 0 Å². The summed E-state index contributed by atoms with van der Waals surface area (Å²) in [5.74, 6) is 1.70. The Labute approximate surface area is 82.1 Å². The van der Waals surface area contributed by atoms with Gasteiger partial charge < -0.3 is 5.32 Å². The third-order valence-electron chi connectivity index (χ3n) is 2.46. The van der Waals surface area contributed by atoms with E-state index < -0.39 is 0 Å². The number of halogens is 1. The van der Waals surface area contributed by atoms with Crippen LogP contribution in [0.3, 0.4) is 0 Å². The molecule has 1 unspecified atom stereocenters. The first-order chi connectivity index (χ1) is 6.34. The van der Waals surface area contributed by atoms with Gasteiger partial charge >= 0.3 is 0 Å². The molecule has 2 rings (SSSR count). The zero-order valence-electron chi connectivity index (χ0n) is 7.39. The quantitative estimate of drug-likeness (QED) is 0.766. The third kappa shape index (κ3) is 2.42. The second-order valence-electron chi connectivity index (χ2n) is 3.45. The van der Waals surface area contributed by atoms with Gasteiger partial charge in [0.2, 0.25) is 5.28 Å². The Balaban J connectivity index is 1.78. The standard InChI is InChI=1S/C8H13ClN4/c9-8-11-7(12-13-8)2-1-6-3-4-10-5-6/h6,10H,1-5H2,(H,11,12,13). The molecule has 72 valence electrons. The molecule has 1 aliphatic heterocycles. The number of hydrogen-bond acceptors (Lipinski definition) is 3. The SMILES string of the molecule is Clc1n[nH]c(CCC2CCNC2)n1. The van der Waals surface area contributed by atoms with Crippen molar-refractivity contribution in [3.63, 3.8) is 0 Å². The summed E-state index contributed by atoms with van der Waals surface area (Å²) in [7, 11) is 0. The van der Waals surface area contributed by atoms with Gasteiger partial charge in [-0.15, -0.1) is 5.10 Å². The monoisotopic (exact) mass is 200 g/mol. The van der Waals surface area contributed by atoms with Crippen molar-refractivity contribution >= 4 is 11.6 Å². The van der Waals surface area contributed by atoms with E-state index in [-0.39, 0.29) is 0 Å². The summed E-state index contributed by atoms with van der Waals surface area (Å²) in [5, 5.41) is 10.3. The lowest BCUT2D eigenvalue weighted by Crippen LogP contribution is -2.09. The first-order valence-corrected chi connectivity index (χ1v) is 5.00. The fraction of sp³-hybridized carbons (Fsp3) is 0.750. The summed E-state index contributed by atoms with van der Waals surface area (Å²) in [6, 6.07) is 0. The Morgan fingerprint density at radius 3 is 3.08 bits per heavy atom. The van der Waals surface area contributed by atoms with Crippen LogP contribution in [0.2, 0.25) is 5.28 Å². The fourth-order valence-electron chi connectivity index (χ4n) is 1.69. The third-order valence-corrected chi connectivity index (χ3v) is 2.63. The van der Waals surface area contributed by atoms with E-state index in [9.17, 15) is 0 Å². The van der Waals surface area contributed by atoms with E-state index in [1.165, 1.54) is 12.8 Å². The van der Waals surface area contributed by atoms with Crippen molar-refractivity contribution < 1.29 is 0 Å². The van der Waals surface area contributed by atoms with E-state index in [1.54, 1.807) is 0 Å². The molecular weight excluding hydrogens is 188 g/mol.